The molecule has 0 amide bonds. The molecule has 1 aromatic rings. The minimum Gasteiger partial charge on any atom is -0.299 e. The summed E-state index contributed by atoms with van der Waals surface area (Å²) in [5.74, 6) is 0.233. The molecule has 0 fully saturated rings. The van der Waals surface area contributed by atoms with Gasteiger partial charge in [0, 0.05) is 16.7 Å². The van der Waals surface area contributed by atoms with Gasteiger partial charge in [0.05, 0.1) is 5.02 Å². The van der Waals surface area contributed by atoms with Crippen LogP contribution in [0.1, 0.15) is 25.6 Å². The van der Waals surface area contributed by atoms with Crippen LogP contribution >= 0.6 is 22.9 Å². The van der Waals surface area contributed by atoms with Crippen LogP contribution < -0.4 is 0 Å². The predicted molar refractivity (Wildman–Crippen MR) is 57.5 cm³/mol. The Morgan fingerprint density at radius 2 is 2.15 bits per heavy atom. The maximum Gasteiger partial charge on any atom is 0.143 e. The lowest BCUT2D eigenvalue weighted by Gasteiger charge is -2.15. The molecule has 1 aromatic heterocycles. The number of rotatable bonds is 2. The lowest BCUT2D eigenvalue weighted by Crippen LogP contribution is -2.21. The minimum absolute atomic E-state index is 0.233. The molecule has 0 saturated heterocycles. The number of carbonyl (C=O) groups excluding carboxylic acids is 1. The fraction of sp³-hybridized carbons (Fsp3) is 0.500. The van der Waals surface area contributed by atoms with Crippen LogP contribution in [0, 0.1) is 5.41 Å². The Balaban J connectivity index is 2.71. The summed E-state index contributed by atoms with van der Waals surface area (Å²) in [6.07, 6.45) is 0.458. The first-order chi connectivity index (χ1) is 5.91. The van der Waals surface area contributed by atoms with Crippen LogP contribution in [0.25, 0.3) is 0 Å². The summed E-state index contributed by atoms with van der Waals surface area (Å²) in [5, 5.41) is 2.62. The molecule has 0 radical (unpaired) electrons. The van der Waals surface area contributed by atoms with Gasteiger partial charge in [-0.2, -0.15) is 0 Å². The fourth-order valence-corrected chi connectivity index (χ4v) is 1.96. The zero-order chi connectivity index (χ0) is 10.1. The zero-order valence-electron chi connectivity index (χ0n) is 8.06. The van der Waals surface area contributed by atoms with Gasteiger partial charge in [-0.25, -0.2) is 0 Å². The van der Waals surface area contributed by atoms with Crippen molar-refractivity contribution in [1.82, 2.24) is 0 Å². The maximum absolute atomic E-state index is 11.6. The van der Waals surface area contributed by atoms with Gasteiger partial charge in [0.15, 0.2) is 0 Å². The number of thiophene rings is 1. The third kappa shape index (κ3) is 2.82. The Hall–Kier alpha value is -0.340. The predicted octanol–water partition coefficient (Wildman–Crippen LogP) is 3.56. The van der Waals surface area contributed by atoms with Crippen molar-refractivity contribution in [3.05, 3.63) is 21.3 Å². The van der Waals surface area contributed by atoms with Gasteiger partial charge in [0.25, 0.3) is 0 Å². The molecular weight excluding hydrogens is 204 g/mol. The van der Waals surface area contributed by atoms with E-state index in [0.29, 0.717) is 11.4 Å². The molecule has 0 unspecified atom stereocenters. The number of hydrogen-bond acceptors (Lipinski definition) is 2. The van der Waals surface area contributed by atoms with Crippen LogP contribution in [-0.4, -0.2) is 5.78 Å². The molecule has 13 heavy (non-hydrogen) atoms. The molecule has 0 spiro atoms. The highest BCUT2D eigenvalue weighted by Gasteiger charge is 2.22. The lowest BCUT2D eigenvalue weighted by atomic mass is 9.89. The van der Waals surface area contributed by atoms with Gasteiger partial charge >= 0.3 is 0 Å². The number of ketones is 1. The van der Waals surface area contributed by atoms with Crippen molar-refractivity contribution < 1.29 is 4.79 Å². The Labute approximate surface area is 87.7 Å². The second kappa shape index (κ2) is 3.81. The van der Waals surface area contributed by atoms with Crippen molar-refractivity contribution in [1.29, 1.82) is 0 Å². The number of hydrogen-bond donors (Lipinski definition) is 0. The van der Waals surface area contributed by atoms with E-state index >= 15 is 0 Å². The van der Waals surface area contributed by atoms with E-state index in [1.54, 1.807) is 11.3 Å². The van der Waals surface area contributed by atoms with E-state index in [-0.39, 0.29) is 11.2 Å². The first-order valence-electron chi connectivity index (χ1n) is 4.16. The van der Waals surface area contributed by atoms with Crippen molar-refractivity contribution in [2.75, 3.05) is 0 Å². The van der Waals surface area contributed by atoms with E-state index in [2.05, 4.69) is 0 Å². The molecule has 0 aliphatic carbocycles. The first kappa shape index (κ1) is 10.7. The van der Waals surface area contributed by atoms with Crippen molar-refractivity contribution >= 4 is 28.7 Å². The van der Waals surface area contributed by atoms with Crippen LogP contribution in [0.4, 0.5) is 0 Å². The molecule has 0 N–H and O–H groups in total. The Morgan fingerprint density at radius 1 is 1.54 bits per heavy atom. The summed E-state index contributed by atoms with van der Waals surface area (Å²) in [5.41, 5.74) is -0.271. The molecule has 0 saturated carbocycles. The summed E-state index contributed by atoms with van der Waals surface area (Å²) in [6, 6.07) is 1.83. The quantitative estimate of drug-likeness (QED) is 0.739. The monoisotopic (exact) mass is 216 g/mol. The minimum atomic E-state index is -0.271. The van der Waals surface area contributed by atoms with E-state index in [0.717, 1.165) is 4.88 Å². The van der Waals surface area contributed by atoms with Crippen LogP contribution in [0.2, 0.25) is 5.02 Å². The highest BCUT2D eigenvalue weighted by Crippen LogP contribution is 2.26. The summed E-state index contributed by atoms with van der Waals surface area (Å²) in [6.45, 7) is 5.78. The van der Waals surface area contributed by atoms with Crippen LogP contribution in [0.5, 0.6) is 0 Å². The SMILES string of the molecule is CC(C)(C)C(=O)Cc1sccc1Cl. The van der Waals surface area contributed by atoms with Crippen molar-refractivity contribution in [2.45, 2.75) is 27.2 Å². The normalized spacial score (nSPS) is 11.7. The van der Waals surface area contributed by atoms with Gasteiger partial charge in [-0.05, 0) is 11.4 Å². The van der Waals surface area contributed by atoms with Crippen molar-refractivity contribution in [3.63, 3.8) is 0 Å². The van der Waals surface area contributed by atoms with E-state index in [1.165, 1.54) is 0 Å². The molecule has 0 atom stereocenters. The second-order valence-corrected chi connectivity index (χ2v) is 5.45. The Kier molecular flexibility index (Phi) is 3.14. The Bertz CT molecular complexity index is 309. The lowest BCUT2D eigenvalue weighted by molar-refractivity contribution is -0.125. The molecule has 0 aromatic carbocycles. The van der Waals surface area contributed by atoms with Crippen LogP contribution in [0.15, 0.2) is 11.4 Å². The summed E-state index contributed by atoms with van der Waals surface area (Å²) >= 11 is 7.43. The highest BCUT2D eigenvalue weighted by atomic mass is 35.5. The molecule has 0 bridgehead atoms. The number of carbonyl (C=O) groups is 1. The van der Waals surface area contributed by atoms with Crippen LogP contribution in [0.3, 0.4) is 0 Å². The van der Waals surface area contributed by atoms with Crippen molar-refractivity contribution in [2.24, 2.45) is 5.41 Å². The zero-order valence-corrected chi connectivity index (χ0v) is 9.63. The molecule has 72 valence electrons. The van der Waals surface area contributed by atoms with E-state index in [1.807, 2.05) is 32.2 Å². The van der Waals surface area contributed by atoms with Gasteiger partial charge in [-0.3, -0.25) is 4.79 Å². The third-order valence-electron chi connectivity index (χ3n) is 1.85. The smallest absolute Gasteiger partial charge is 0.143 e. The van der Waals surface area contributed by atoms with Crippen molar-refractivity contribution in [3.8, 4) is 0 Å². The van der Waals surface area contributed by atoms with Gasteiger partial charge in [-0.1, -0.05) is 32.4 Å². The fourth-order valence-electron chi connectivity index (χ4n) is 0.862. The number of halogens is 1. The highest BCUT2D eigenvalue weighted by molar-refractivity contribution is 7.10. The maximum atomic E-state index is 11.6. The largest absolute Gasteiger partial charge is 0.299 e. The van der Waals surface area contributed by atoms with Gasteiger partial charge in [-0.15, -0.1) is 11.3 Å². The van der Waals surface area contributed by atoms with Gasteiger partial charge < -0.3 is 0 Å². The third-order valence-corrected chi connectivity index (χ3v) is 3.24. The molecule has 0 aliphatic rings. The molecule has 1 heterocycles. The van der Waals surface area contributed by atoms with Gasteiger partial charge in [0.1, 0.15) is 5.78 Å². The molecular formula is C10H13ClOS. The summed E-state index contributed by atoms with van der Waals surface area (Å²) < 4.78 is 0. The van der Waals surface area contributed by atoms with E-state index in [9.17, 15) is 4.79 Å². The first-order valence-corrected chi connectivity index (χ1v) is 5.42. The van der Waals surface area contributed by atoms with E-state index in [4.69, 9.17) is 11.6 Å². The number of Topliss-reactive ketones (excluding diaryl/α,β-unsaturated/α-hetero) is 1. The van der Waals surface area contributed by atoms with Crippen LogP contribution in [-0.2, 0) is 11.2 Å². The second-order valence-electron chi connectivity index (χ2n) is 4.04. The standard InChI is InChI=1S/C10H13ClOS/c1-10(2,3)9(12)6-8-7(11)4-5-13-8/h4-5H,6H2,1-3H3. The molecule has 1 rings (SSSR count). The molecule has 3 heteroatoms. The van der Waals surface area contributed by atoms with Gasteiger partial charge in [0.2, 0.25) is 0 Å². The summed E-state index contributed by atoms with van der Waals surface area (Å²) in [7, 11) is 0. The van der Waals surface area contributed by atoms with E-state index < -0.39 is 0 Å². The summed E-state index contributed by atoms with van der Waals surface area (Å²) in [4.78, 5) is 12.6. The average molecular weight is 217 g/mol. The molecule has 1 nitrogen and oxygen atoms in total. The average Bonchev–Trinajstić information content (AvgIpc) is 2.34. The topological polar surface area (TPSA) is 17.1 Å². The Morgan fingerprint density at radius 3 is 2.54 bits per heavy atom. The molecule has 0 aliphatic heterocycles.